The predicted octanol–water partition coefficient (Wildman–Crippen LogP) is 2.48. The van der Waals surface area contributed by atoms with Gasteiger partial charge in [-0.15, -0.1) is 11.3 Å². The Bertz CT molecular complexity index is 607. The number of aryl methyl sites for hydroxylation is 1. The first-order valence-electron chi connectivity index (χ1n) is 7.15. The highest BCUT2D eigenvalue weighted by Gasteiger charge is 2.38. The topological polar surface area (TPSA) is 81.7 Å². The molecule has 1 atom stereocenters. The lowest BCUT2D eigenvalue weighted by atomic mass is 9.99. The van der Waals surface area contributed by atoms with Crippen LogP contribution >= 0.6 is 11.3 Å². The van der Waals surface area contributed by atoms with E-state index in [0.717, 1.165) is 11.3 Å². The number of carbonyl (C=O) groups excluding carboxylic acids is 3. The van der Waals surface area contributed by atoms with Gasteiger partial charge < -0.3 is 14.8 Å². The molecule has 120 valence electrons. The third-order valence-corrected chi connectivity index (χ3v) is 4.82. The van der Waals surface area contributed by atoms with Crippen LogP contribution in [0, 0.1) is 0 Å². The Morgan fingerprint density at radius 3 is 2.59 bits per heavy atom. The number of nitrogens with one attached hydrogen (secondary N) is 1. The van der Waals surface area contributed by atoms with E-state index >= 15 is 0 Å². The SMILES string of the molecule is CCCC(=O)Nc1sc2c(c1C(=O)OC)[C@@H](C(=O)OC)CC2. The highest BCUT2D eigenvalue weighted by Crippen LogP contribution is 2.45. The molecule has 6 nitrogen and oxygen atoms in total. The van der Waals surface area contributed by atoms with Crippen LogP contribution in [-0.2, 0) is 25.5 Å². The van der Waals surface area contributed by atoms with E-state index in [1.807, 2.05) is 6.92 Å². The van der Waals surface area contributed by atoms with Gasteiger partial charge in [0, 0.05) is 11.3 Å². The molecule has 0 unspecified atom stereocenters. The van der Waals surface area contributed by atoms with E-state index in [9.17, 15) is 14.4 Å². The van der Waals surface area contributed by atoms with Crippen molar-refractivity contribution in [3.63, 3.8) is 0 Å². The minimum absolute atomic E-state index is 0.151. The lowest BCUT2D eigenvalue weighted by molar-refractivity contribution is -0.142. The van der Waals surface area contributed by atoms with Crippen molar-refractivity contribution < 1.29 is 23.9 Å². The zero-order valence-electron chi connectivity index (χ0n) is 12.9. The van der Waals surface area contributed by atoms with Gasteiger partial charge in [-0.25, -0.2) is 4.79 Å². The van der Waals surface area contributed by atoms with Crippen LogP contribution in [0.5, 0.6) is 0 Å². The lowest BCUT2D eigenvalue weighted by Crippen LogP contribution is -2.17. The number of fused-ring (bicyclic) bond motifs is 1. The molecule has 7 heteroatoms. The molecule has 0 aromatic carbocycles. The molecule has 0 spiro atoms. The summed E-state index contributed by atoms with van der Waals surface area (Å²) in [6.45, 7) is 1.91. The Hall–Kier alpha value is -1.89. The third kappa shape index (κ3) is 2.99. The van der Waals surface area contributed by atoms with Gasteiger partial charge in [0.1, 0.15) is 5.00 Å². The minimum Gasteiger partial charge on any atom is -0.469 e. The van der Waals surface area contributed by atoms with Gasteiger partial charge in [0.25, 0.3) is 0 Å². The van der Waals surface area contributed by atoms with Crippen molar-refractivity contribution in [1.29, 1.82) is 0 Å². The van der Waals surface area contributed by atoms with Crippen molar-refractivity contribution in [2.45, 2.75) is 38.5 Å². The van der Waals surface area contributed by atoms with Gasteiger partial charge in [-0.05, 0) is 24.8 Å². The summed E-state index contributed by atoms with van der Waals surface area (Å²) in [5.41, 5.74) is 0.940. The number of amides is 1. The van der Waals surface area contributed by atoms with E-state index in [2.05, 4.69) is 5.32 Å². The van der Waals surface area contributed by atoms with Gasteiger partial charge in [0.2, 0.25) is 5.91 Å². The molecule has 1 aliphatic carbocycles. The van der Waals surface area contributed by atoms with Crippen LogP contribution in [0.15, 0.2) is 0 Å². The summed E-state index contributed by atoms with van der Waals surface area (Å²) < 4.78 is 9.64. The first-order valence-corrected chi connectivity index (χ1v) is 7.96. The van der Waals surface area contributed by atoms with Gasteiger partial charge in [-0.3, -0.25) is 9.59 Å². The van der Waals surface area contributed by atoms with Gasteiger partial charge in [-0.2, -0.15) is 0 Å². The third-order valence-electron chi connectivity index (χ3n) is 3.64. The molecule has 2 rings (SSSR count). The smallest absolute Gasteiger partial charge is 0.341 e. The van der Waals surface area contributed by atoms with E-state index in [4.69, 9.17) is 9.47 Å². The van der Waals surface area contributed by atoms with Crippen LogP contribution in [0.1, 0.15) is 52.9 Å². The van der Waals surface area contributed by atoms with E-state index in [1.54, 1.807) is 0 Å². The molecule has 0 fully saturated rings. The predicted molar refractivity (Wildman–Crippen MR) is 82.3 cm³/mol. The highest BCUT2D eigenvalue weighted by atomic mass is 32.1. The summed E-state index contributed by atoms with van der Waals surface area (Å²) in [7, 11) is 2.61. The van der Waals surface area contributed by atoms with Crippen LogP contribution in [0.3, 0.4) is 0 Å². The standard InChI is InChI=1S/C15H19NO5S/c1-4-5-10(17)16-13-12(15(19)21-3)11-8(14(18)20-2)6-7-9(11)22-13/h8H,4-7H2,1-3H3,(H,16,17)/t8-/m0/s1. The van der Waals surface area contributed by atoms with Crippen LogP contribution in [0.4, 0.5) is 5.00 Å². The Balaban J connectivity index is 2.43. The molecular formula is C15H19NO5S. The summed E-state index contributed by atoms with van der Waals surface area (Å²) in [6, 6.07) is 0. The van der Waals surface area contributed by atoms with Crippen molar-refractivity contribution >= 4 is 34.2 Å². The molecule has 1 aliphatic rings. The van der Waals surface area contributed by atoms with Gasteiger partial charge in [0.15, 0.2) is 0 Å². The number of ether oxygens (including phenoxy) is 2. The average molecular weight is 325 g/mol. The molecule has 1 N–H and O–H groups in total. The van der Waals surface area contributed by atoms with Gasteiger partial charge >= 0.3 is 11.9 Å². The lowest BCUT2D eigenvalue weighted by Gasteiger charge is -2.11. The molecule has 0 aliphatic heterocycles. The monoisotopic (exact) mass is 325 g/mol. The molecule has 0 radical (unpaired) electrons. The number of anilines is 1. The molecular weight excluding hydrogens is 306 g/mol. The van der Waals surface area contributed by atoms with Crippen LogP contribution in [-0.4, -0.2) is 32.1 Å². The van der Waals surface area contributed by atoms with E-state index in [0.29, 0.717) is 35.4 Å². The minimum atomic E-state index is -0.542. The second kappa shape index (κ2) is 6.91. The summed E-state index contributed by atoms with van der Waals surface area (Å²) in [6.07, 6.45) is 2.40. The maximum Gasteiger partial charge on any atom is 0.341 e. The van der Waals surface area contributed by atoms with Crippen molar-refractivity contribution in [2.75, 3.05) is 19.5 Å². The molecule has 0 saturated heterocycles. The van der Waals surface area contributed by atoms with Crippen LogP contribution < -0.4 is 5.32 Å². The zero-order valence-corrected chi connectivity index (χ0v) is 13.7. The number of hydrogen-bond acceptors (Lipinski definition) is 6. The van der Waals surface area contributed by atoms with Crippen LogP contribution in [0.25, 0.3) is 0 Å². The fourth-order valence-corrected chi connectivity index (χ4v) is 3.93. The number of rotatable bonds is 5. The average Bonchev–Trinajstić information content (AvgIpc) is 3.04. The second-order valence-electron chi connectivity index (χ2n) is 5.05. The zero-order chi connectivity index (χ0) is 16.3. The van der Waals surface area contributed by atoms with E-state index < -0.39 is 11.9 Å². The maximum atomic E-state index is 12.1. The fraction of sp³-hybridized carbons (Fsp3) is 0.533. The summed E-state index contributed by atoms with van der Waals surface area (Å²) in [4.78, 5) is 36.8. The first-order chi connectivity index (χ1) is 10.5. The number of thiophene rings is 1. The van der Waals surface area contributed by atoms with Crippen molar-refractivity contribution in [3.8, 4) is 0 Å². The fourth-order valence-electron chi connectivity index (χ4n) is 2.65. The molecule has 1 amide bonds. The molecule has 22 heavy (non-hydrogen) atoms. The molecule has 0 bridgehead atoms. The quantitative estimate of drug-likeness (QED) is 0.841. The van der Waals surface area contributed by atoms with E-state index in [-0.39, 0.29) is 11.9 Å². The highest BCUT2D eigenvalue weighted by molar-refractivity contribution is 7.17. The van der Waals surface area contributed by atoms with E-state index in [1.165, 1.54) is 25.6 Å². The Morgan fingerprint density at radius 1 is 1.27 bits per heavy atom. The first kappa shape index (κ1) is 16.5. The summed E-state index contributed by atoms with van der Waals surface area (Å²) in [5, 5.41) is 3.22. The Labute approximate surface area is 132 Å². The number of methoxy groups -OCH3 is 2. The number of carbonyl (C=O) groups is 3. The van der Waals surface area contributed by atoms with Crippen LogP contribution in [0.2, 0.25) is 0 Å². The second-order valence-corrected chi connectivity index (χ2v) is 6.15. The molecule has 1 aromatic rings. The molecule has 1 aromatic heterocycles. The van der Waals surface area contributed by atoms with Gasteiger partial charge in [0.05, 0.1) is 25.7 Å². The number of esters is 2. The van der Waals surface area contributed by atoms with Crippen molar-refractivity contribution in [1.82, 2.24) is 0 Å². The Kier molecular flexibility index (Phi) is 5.18. The van der Waals surface area contributed by atoms with Crippen molar-refractivity contribution in [2.24, 2.45) is 0 Å². The van der Waals surface area contributed by atoms with Crippen molar-refractivity contribution in [3.05, 3.63) is 16.0 Å². The normalized spacial score (nSPS) is 16.0. The summed E-state index contributed by atoms with van der Waals surface area (Å²) >= 11 is 1.34. The molecule has 0 saturated carbocycles. The number of hydrogen-bond donors (Lipinski definition) is 1. The maximum absolute atomic E-state index is 12.1. The molecule has 1 heterocycles. The summed E-state index contributed by atoms with van der Waals surface area (Å²) in [5.74, 6) is -1.53. The Morgan fingerprint density at radius 2 is 2.00 bits per heavy atom. The largest absolute Gasteiger partial charge is 0.469 e. The van der Waals surface area contributed by atoms with Gasteiger partial charge in [-0.1, -0.05) is 6.92 Å².